The fourth-order valence-corrected chi connectivity index (χ4v) is 5.04. The molecule has 10 heteroatoms. The van der Waals surface area contributed by atoms with Gasteiger partial charge in [0.15, 0.2) is 23.1 Å². The van der Waals surface area contributed by atoms with Gasteiger partial charge in [-0.1, -0.05) is 18.2 Å². The number of nitrogens with one attached hydrogen (secondary N) is 1. The lowest BCUT2D eigenvalue weighted by atomic mass is 9.94. The Morgan fingerprint density at radius 3 is 2.51 bits per heavy atom. The summed E-state index contributed by atoms with van der Waals surface area (Å²) >= 11 is 0. The zero-order valence-corrected chi connectivity index (χ0v) is 22.9. The van der Waals surface area contributed by atoms with E-state index in [2.05, 4.69) is 5.32 Å². The van der Waals surface area contributed by atoms with Crippen molar-refractivity contribution >= 4 is 22.6 Å². The molecule has 8 nitrogen and oxygen atoms in total. The Hall–Kier alpha value is -4.28. The minimum Gasteiger partial charge on any atom is -0.505 e. The largest absolute Gasteiger partial charge is 0.505 e. The van der Waals surface area contributed by atoms with Gasteiger partial charge in [0, 0.05) is 24.7 Å². The standard InChI is InChI=1S/C31H29F2NO7/c1-16-23(39-25-13-12-24(38-4)31(2,3)41-25)11-9-20-27(35)26(30(37)40-28(16)20)34-29(36)19-7-5-6-17(14-19)18-8-10-21(32)22(33)15-18/h5-11,14-15,24-25,35H,12-13H2,1-4H3,(H,34,36)/t24-,25-/m1/s1. The average molecular weight is 566 g/mol. The normalized spacial score (nSPS) is 18.3. The number of amides is 1. The molecule has 1 aliphatic heterocycles. The van der Waals surface area contributed by atoms with Gasteiger partial charge in [0.05, 0.1) is 17.1 Å². The second kappa shape index (κ2) is 10.9. The van der Waals surface area contributed by atoms with E-state index >= 15 is 0 Å². The quantitative estimate of drug-likeness (QED) is 0.264. The third-order valence-corrected chi connectivity index (χ3v) is 7.28. The van der Waals surface area contributed by atoms with E-state index in [0.29, 0.717) is 28.9 Å². The first kappa shape index (κ1) is 28.3. The molecule has 1 amide bonds. The highest BCUT2D eigenvalue weighted by Gasteiger charge is 2.39. The summed E-state index contributed by atoms with van der Waals surface area (Å²) in [5, 5.41) is 13.6. The molecular weight excluding hydrogens is 536 g/mol. The van der Waals surface area contributed by atoms with E-state index in [1.54, 1.807) is 32.2 Å². The molecule has 2 N–H and O–H groups in total. The van der Waals surface area contributed by atoms with Gasteiger partial charge in [-0.3, -0.25) is 4.79 Å². The molecule has 5 rings (SSSR count). The predicted octanol–water partition coefficient (Wildman–Crippen LogP) is 6.31. The van der Waals surface area contributed by atoms with Crippen LogP contribution in [-0.2, 0) is 9.47 Å². The van der Waals surface area contributed by atoms with E-state index in [9.17, 15) is 23.5 Å². The molecule has 41 heavy (non-hydrogen) atoms. The number of carbonyl (C=O) groups excluding carboxylic acids is 1. The first-order valence-corrected chi connectivity index (χ1v) is 13.0. The van der Waals surface area contributed by atoms with Gasteiger partial charge in [-0.25, -0.2) is 13.6 Å². The van der Waals surface area contributed by atoms with Crippen LogP contribution in [0.5, 0.6) is 11.5 Å². The Morgan fingerprint density at radius 2 is 1.80 bits per heavy atom. The van der Waals surface area contributed by atoms with Crippen molar-refractivity contribution in [2.24, 2.45) is 0 Å². The molecule has 0 unspecified atom stereocenters. The van der Waals surface area contributed by atoms with Gasteiger partial charge in [-0.15, -0.1) is 0 Å². The summed E-state index contributed by atoms with van der Waals surface area (Å²) in [6.07, 6.45) is 0.714. The minimum atomic E-state index is -1.02. The molecule has 0 radical (unpaired) electrons. The molecule has 1 aromatic heterocycles. The van der Waals surface area contributed by atoms with Gasteiger partial charge in [0.25, 0.3) is 5.91 Å². The molecule has 1 saturated heterocycles. The van der Waals surface area contributed by atoms with Gasteiger partial charge >= 0.3 is 5.63 Å². The zero-order valence-electron chi connectivity index (χ0n) is 22.9. The van der Waals surface area contributed by atoms with Gasteiger partial charge in [0.2, 0.25) is 6.29 Å². The maximum absolute atomic E-state index is 13.7. The van der Waals surface area contributed by atoms with E-state index in [1.165, 1.54) is 24.3 Å². The van der Waals surface area contributed by atoms with E-state index in [0.717, 1.165) is 18.6 Å². The number of carbonyl (C=O) groups is 1. The third kappa shape index (κ3) is 5.53. The van der Waals surface area contributed by atoms with Crippen LogP contribution in [0, 0.1) is 18.6 Å². The van der Waals surface area contributed by atoms with Crippen LogP contribution in [0.3, 0.4) is 0 Å². The van der Waals surface area contributed by atoms with Crippen LogP contribution in [0.4, 0.5) is 14.5 Å². The average Bonchev–Trinajstić information content (AvgIpc) is 2.94. The third-order valence-electron chi connectivity index (χ3n) is 7.28. The highest BCUT2D eigenvalue weighted by molar-refractivity contribution is 6.07. The Morgan fingerprint density at radius 1 is 1.05 bits per heavy atom. The van der Waals surface area contributed by atoms with Crippen molar-refractivity contribution in [3.05, 3.63) is 87.8 Å². The summed E-state index contributed by atoms with van der Waals surface area (Å²) in [4.78, 5) is 25.9. The molecule has 0 spiro atoms. The van der Waals surface area contributed by atoms with Crippen molar-refractivity contribution in [1.82, 2.24) is 0 Å². The summed E-state index contributed by atoms with van der Waals surface area (Å²) in [6.45, 7) is 5.54. The van der Waals surface area contributed by atoms with Crippen LogP contribution in [0.1, 0.15) is 42.6 Å². The maximum Gasteiger partial charge on any atom is 0.364 e. The fourth-order valence-electron chi connectivity index (χ4n) is 5.04. The number of benzene rings is 3. The Balaban J connectivity index is 1.39. The summed E-state index contributed by atoms with van der Waals surface area (Å²) in [6, 6.07) is 12.7. The summed E-state index contributed by atoms with van der Waals surface area (Å²) in [5.41, 5.74) is -0.434. The molecule has 4 aromatic rings. The molecule has 1 aliphatic rings. The van der Waals surface area contributed by atoms with Gasteiger partial charge in [-0.05, 0) is 74.7 Å². The van der Waals surface area contributed by atoms with Crippen molar-refractivity contribution in [2.75, 3.05) is 12.4 Å². The number of aryl methyl sites for hydroxylation is 1. The van der Waals surface area contributed by atoms with Crippen LogP contribution in [0.2, 0.25) is 0 Å². The van der Waals surface area contributed by atoms with Crippen molar-refractivity contribution < 1.29 is 37.3 Å². The van der Waals surface area contributed by atoms with Crippen molar-refractivity contribution in [3.8, 4) is 22.6 Å². The SMILES string of the molecule is CO[C@@H]1CC[C@H](Oc2ccc3c(O)c(NC(=O)c4cccc(-c5ccc(F)c(F)c5)c4)c(=O)oc3c2C)OC1(C)C. The van der Waals surface area contributed by atoms with Gasteiger partial charge in [-0.2, -0.15) is 0 Å². The highest BCUT2D eigenvalue weighted by Crippen LogP contribution is 2.37. The van der Waals surface area contributed by atoms with Crippen LogP contribution in [-0.4, -0.2) is 36.1 Å². The lowest BCUT2D eigenvalue weighted by Crippen LogP contribution is -2.49. The first-order valence-electron chi connectivity index (χ1n) is 13.0. The summed E-state index contributed by atoms with van der Waals surface area (Å²) < 4.78 is 50.2. The van der Waals surface area contributed by atoms with Gasteiger partial charge < -0.3 is 29.1 Å². The Labute approximate surface area is 234 Å². The maximum atomic E-state index is 13.7. The number of fused-ring (bicyclic) bond motifs is 1. The molecular formula is C31H29F2NO7. The number of ether oxygens (including phenoxy) is 3. The molecule has 2 heterocycles. The number of anilines is 1. The van der Waals surface area contributed by atoms with E-state index in [4.69, 9.17) is 18.6 Å². The molecule has 0 saturated carbocycles. The van der Waals surface area contributed by atoms with E-state index < -0.39 is 46.5 Å². The molecule has 1 fully saturated rings. The zero-order chi connectivity index (χ0) is 29.5. The van der Waals surface area contributed by atoms with Crippen LogP contribution in [0.25, 0.3) is 22.1 Å². The van der Waals surface area contributed by atoms with Gasteiger partial charge in [0.1, 0.15) is 11.3 Å². The monoisotopic (exact) mass is 565 g/mol. The molecule has 0 bridgehead atoms. The minimum absolute atomic E-state index is 0.0722. The number of hydrogen-bond acceptors (Lipinski definition) is 7. The smallest absolute Gasteiger partial charge is 0.364 e. The fraction of sp³-hybridized carbons (Fsp3) is 0.290. The number of halogens is 2. The molecule has 2 atom stereocenters. The van der Waals surface area contributed by atoms with Crippen molar-refractivity contribution in [2.45, 2.75) is 51.6 Å². The van der Waals surface area contributed by atoms with Crippen LogP contribution >= 0.6 is 0 Å². The highest BCUT2D eigenvalue weighted by atomic mass is 19.2. The Bertz CT molecular complexity index is 1700. The van der Waals surface area contributed by atoms with Crippen molar-refractivity contribution in [1.29, 1.82) is 0 Å². The second-order valence-electron chi connectivity index (χ2n) is 10.4. The summed E-state index contributed by atoms with van der Waals surface area (Å²) in [7, 11) is 1.64. The van der Waals surface area contributed by atoms with E-state index in [-0.39, 0.29) is 22.6 Å². The molecule has 214 valence electrons. The number of hydrogen-bond donors (Lipinski definition) is 2. The van der Waals surface area contributed by atoms with Crippen LogP contribution < -0.4 is 15.7 Å². The van der Waals surface area contributed by atoms with Crippen molar-refractivity contribution in [3.63, 3.8) is 0 Å². The number of rotatable bonds is 6. The lowest BCUT2D eigenvalue weighted by Gasteiger charge is -2.41. The molecule has 0 aliphatic carbocycles. The molecule has 3 aromatic carbocycles. The second-order valence-corrected chi connectivity index (χ2v) is 10.4. The first-order chi connectivity index (χ1) is 19.5. The topological polar surface area (TPSA) is 107 Å². The Kier molecular flexibility index (Phi) is 7.54. The summed E-state index contributed by atoms with van der Waals surface area (Å²) in [5.74, 6) is -2.76. The number of methoxy groups -OCH3 is 1. The number of aromatic hydroxyl groups is 1. The van der Waals surface area contributed by atoms with E-state index in [1.807, 2.05) is 13.8 Å². The predicted molar refractivity (Wildman–Crippen MR) is 148 cm³/mol. The van der Waals surface area contributed by atoms with Crippen LogP contribution in [0.15, 0.2) is 63.8 Å². The lowest BCUT2D eigenvalue weighted by molar-refractivity contribution is -0.233.